The quantitative estimate of drug-likeness (QED) is 0.784. The van der Waals surface area contributed by atoms with Gasteiger partial charge in [0.15, 0.2) is 5.58 Å². The molecule has 0 aliphatic heterocycles. The third kappa shape index (κ3) is 2.82. The molecule has 0 spiro atoms. The normalized spacial score (nSPS) is 11.1. The lowest BCUT2D eigenvalue weighted by Gasteiger charge is -1.99. The average Bonchev–Trinajstić information content (AvgIpc) is 3.03. The SMILES string of the molecule is CCCNc1nnc(Cn2c(=O)oc3ccc(C)cc32)s1. The molecular weight excluding hydrogens is 288 g/mol. The first-order valence-electron chi connectivity index (χ1n) is 6.83. The van der Waals surface area contributed by atoms with E-state index in [1.807, 2.05) is 25.1 Å². The van der Waals surface area contributed by atoms with Crippen molar-refractivity contribution in [2.75, 3.05) is 11.9 Å². The van der Waals surface area contributed by atoms with E-state index in [4.69, 9.17) is 4.42 Å². The van der Waals surface area contributed by atoms with Gasteiger partial charge in [-0.1, -0.05) is 24.3 Å². The Hall–Kier alpha value is -2.15. The van der Waals surface area contributed by atoms with Crippen molar-refractivity contribution in [2.45, 2.75) is 26.8 Å². The van der Waals surface area contributed by atoms with Crippen LogP contribution >= 0.6 is 11.3 Å². The van der Waals surface area contributed by atoms with Crippen LogP contribution in [0.25, 0.3) is 11.1 Å². The second-order valence-electron chi connectivity index (χ2n) is 4.85. The molecule has 0 atom stereocenters. The third-order valence-corrected chi connectivity index (χ3v) is 3.98. The summed E-state index contributed by atoms with van der Waals surface area (Å²) in [4.78, 5) is 12.0. The van der Waals surface area contributed by atoms with Crippen molar-refractivity contribution in [2.24, 2.45) is 0 Å². The minimum absolute atomic E-state index is 0.367. The Morgan fingerprint density at radius 2 is 2.24 bits per heavy atom. The second kappa shape index (κ2) is 5.69. The van der Waals surface area contributed by atoms with Crippen LogP contribution in [0.3, 0.4) is 0 Å². The number of rotatable bonds is 5. The maximum atomic E-state index is 12.0. The van der Waals surface area contributed by atoms with Crippen molar-refractivity contribution < 1.29 is 4.42 Å². The van der Waals surface area contributed by atoms with Crippen LogP contribution in [0.1, 0.15) is 23.9 Å². The fraction of sp³-hybridized carbons (Fsp3) is 0.357. The Kier molecular flexibility index (Phi) is 3.74. The van der Waals surface area contributed by atoms with E-state index in [1.165, 1.54) is 11.3 Å². The monoisotopic (exact) mass is 304 g/mol. The van der Waals surface area contributed by atoms with E-state index < -0.39 is 0 Å². The van der Waals surface area contributed by atoms with Gasteiger partial charge in [-0.3, -0.25) is 4.57 Å². The van der Waals surface area contributed by atoms with Crippen LogP contribution in [0.15, 0.2) is 27.4 Å². The molecule has 2 heterocycles. The van der Waals surface area contributed by atoms with Crippen molar-refractivity contribution in [3.8, 4) is 0 Å². The van der Waals surface area contributed by atoms with Gasteiger partial charge < -0.3 is 9.73 Å². The van der Waals surface area contributed by atoms with E-state index in [2.05, 4.69) is 22.4 Å². The van der Waals surface area contributed by atoms with Gasteiger partial charge in [0.05, 0.1) is 12.1 Å². The van der Waals surface area contributed by atoms with Gasteiger partial charge in [0.1, 0.15) is 5.01 Å². The highest BCUT2D eigenvalue weighted by molar-refractivity contribution is 7.15. The van der Waals surface area contributed by atoms with Crippen LogP contribution in [-0.4, -0.2) is 21.3 Å². The van der Waals surface area contributed by atoms with Crippen molar-refractivity contribution in [1.29, 1.82) is 0 Å². The number of benzene rings is 1. The average molecular weight is 304 g/mol. The van der Waals surface area contributed by atoms with Crippen molar-refractivity contribution in [1.82, 2.24) is 14.8 Å². The van der Waals surface area contributed by atoms with Gasteiger partial charge >= 0.3 is 5.76 Å². The van der Waals surface area contributed by atoms with Gasteiger partial charge in [0, 0.05) is 6.54 Å². The Morgan fingerprint density at radius 1 is 1.38 bits per heavy atom. The number of hydrogen-bond donors (Lipinski definition) is 1. The molecule has 21 heavy (non-hydrogen) atoms. The predicted octanol–water partition coefficient (Wildman–Crippen LogP) is 2.62. The van der Waals surface area contributed by atoms with Crippen molar-refractivity contribution >= 4 is 27.6 Å². The summed E-state index contributed by atoms with van der Waals surface area (Å²) in [5.74, 6) is -0.367. The summed E-state index contributed by atoms with van der Waals surface area (Å²) in [5, 5.41) is 12.9. The number of nitrogens with zero attached hydrogens (tertiary/aromatic N) is 3. The lowest BCUT2D eigenvalue weighted by Crippen LogP contribution is -2.14. The summed E-state index contributed by atoms with van der Waals surface area (Å²) in [6.07, 6.45) is 1.03. The van der Waals surface area contributed by atoms with Gasteiger partial charge in [0.2, 0.25) is 5.13 Å². The fourth-order valence-electron chi connectivity index (χ4n) is 2.08. The number of anilines is 1. The van der Waals surface area contributed by atoms with Gasteiger partial charge in [-0.15, -0.1) is 10.2 Å². The van der Waals surface area contributed by atoms with E-state index in [-0.39, 0.29) is 5.76 Å². The van der Waals surface area contributed by atoms with Crippen LogP contribution in [0.2, 0.25) is 0 Å². The summed E-state index contributed by atoms with van der Waals surface area (Å²) in [7, 11) is 0. The topological polar surface area (TPSA) is 73.0 Å². The Labute approximate surface area is 125 Å². The summed E-state index contributed by atoms with van der Waals surface area (Å²) in [5.41, 5.74) is 2.47. The van der Waals surface area contributed by atoms with Crippen LogP contribution in [-0.2, 0) is 6.54 Å². The Morgan fingerprint density at radius 3 is 3.05 bits per heavy atom. The molecule has 1 aromatic carbocycles. The number of fused-ring (bicyclic) bond motifs is 1. The highest BCUT2D eigenvalue weighted by Gasteiger charge is 2.12. The van der Waals surface area contributed by atoms with E-state index in [0.29, 0.717) is 12.1 Å². The largest absolute Gasteiger partial charge is 0.420 e. The summed E-state index contributed by atoms with van der Waals surface area (Å²) >= 11 is 1.46. The molecule has 3 rings (SSSR count). The minimum atomic E-state index is -0.367. The lowest BCUT2D eigenvalue weighted by molar-refractivity contribution is 0.517. The number of oxazole rings is 1. The van der Waals surface area contributed by atoms with Gasteiger partial charge in [0.25, 0.3) is 0 Å². The summed E-state index contributed by atoms with van der Waals surface area (Å²) < 4.78 is 6.84. The molecule has 0 fully saturated rings. The zero-order chi connectivity index (χ0) is 14.8. The first-order chi connectivity index (χ1) is 10.2. The highest BCUT2D eigenvalue weighted by atomic mass is 32.1. The Bertz CT molecular complexity index is 818. The highest BCUT2D eigenvalue weighted by Crippen LogP contribution is 2.19. The number of hydrogen-bond acceptors (Lipinski definition) is 6. The van der Waals surface area contributed by atoms with Crippen LogP contribution < -0.4 is 11.1 Å². The smallest absolute Gasteiger partial charge is 0.408 e. The zero-order valence-corrected chi connectivity index (χ0v) is 12.7. The zero-order valence-electron chi connectivity index (χ0n) is 11.9. The molecule has 1 N–H and O–H groups in total. The molecule has 0 amide bonds. The molecule has 6 nitrogen and oxygen atoms in total. The van der Waals surface area contributed by atoms with Gasteiger partial charge in [-0.2, -0.15) is 0 Å². The standard InChI is InChI=1S/C14H16N4O2S/c1-3-6-15-13-17-16-12(21-13)8-18-10-7-9(2)4-5-11(10)20-14(18)19/h4-5,7H,3,6,8H2,1-2H3,(H,15,17). The van der Waals surface area contributed by atoms with Gasteiger partial charge in [-0.05, 0) is 31.0 Å². The molecule has 0 saturated carbocycles. The van der Waals surface area contributed by atoms with Crippen LogP contribution in [0.5, 0.6) is 0 Å². The molecule has 0 radical (unpaired) electrons. The molecular formula is C14H16N4O2S. The molecule has 2 aromatic heterocycles. The maximum absolute atomic E-state index is 12.0. The van der Waals surface area contributed by atoms with Crippen molar-refractivity contribution in [3.05, 3.63) is 39.3 Å². The second-order valence-corrected chi connectivity index (χ2v) is 5.92. The minimum Gasteiger partial charge on any atom is -0.408 e. The van der Waals surface area contributed by atoms with E-state index in [0.717, 1.165) is 34.2 Å². The van der Waals surface area contributed by atoms with Crippen LogP contribution in [0, 0.1) is 6.92 Å². The molecule has 0 unspecified atom stereocenters. The first kappa shape index (κ1) is 13.8. The lowest BCUT2D eigenvalue weighted by atomic mass is 10.2. The number of nitrogens with one attached hydrogen (secondary N) is 1. The van der Waals surface area contributed by atoms with Crippen LogP contribution in [0.4, 0.5) is 5.13 Å². The van der Waals surface area contributed by atoms with E-state index in [1.54, 1.807) is 4.57 Å². The summed E-state index contributed by atoms with van der Waals surface area (Å²) in [6.45, 7) is 5.32. The first-order valence-corrected chi connectivity index (χ1v) is 7.65. The molecule has 0 saturated heterocycles. The maximum Gasteiger partial charge on any atom is 0.420 e. The molecule has 0 aliphatic rings. The predicted molar refractivity (Wildman–Crippen MR) is 83.0 cm³/mol. The molecule has 3 aromatic rings. The molecule has 0 bridgehead atoms. The van der Waals surface area contributed by atoms with E-state index in [9.17, 15) is 4.79 Å². The Balaban J connectivity index is 1.90. The molecule has 7 heteroatoms. The number of aromatic nitrogens is 3. The number of aryl methyl sites for hydroxylation is 1. The third-order valence-electron chi connectivity index (χ3n) is 3.11. The molecule has 0 aliphatic carbocycles. The summed E-state index contributed by atoms with van der Waals surface area (Å²) in [6, 6.07) is 5.68. The van der Waals surface area contributed by atoms with E-state index >= 15 is 0 Å². The van der Waals surface area contributed by atoms with Gasteiger partial charge in [-0.25, -0.2) is 4.79 Å². The van der Waals surface area contributed by atoms with Crippen molar-refractivity contribution in [3.63, 3.8) is 0 Å². The fourth-order valence-corrected chi connectivity index (χ4v) is 2.83. The molecule has 110 valence electrons.